The summed E-state index contributed by atoms with van der Waals surface area (Å²) < 4.78 is 2.05. The summed E-state index contributed by atoms with van der Waals surface area (Å²) in [4.78, 5) is 32.8. The smallest absolute Gasteiger partial charge is 0.336 e. The Morgan fingerprint density at radius 3 is 2.17 bits per heavy atom. The number of thioether (sulfide) groups is 1. The van der Waals surface area contributed by atoms with Gasteiger partial charge < -0.3 is 9.67 Å². The number of aromatic nitrogens is 1. The number of hydrogen-bond donors (Lipinski definition) is 1. The van der Waals surface area contributed by atoms with Crippen LogP contribution in [0.2, 0.25) is 0 Å². The molecule has 0 saturated carbocycles. The first-order valence-corrected chi connectivity index (χ1v) is 14.6. The minimum Gasteiger partial charge on any atom is -0.478 e. The molecular formula is C34H33N3O3S. The second kappa shape index (κ2) is 11.6. The molecule has 1 aromatic heterocycles. The quantitative estimate of drug-likeness (QED) is 0.231. The van der Waals surface area contributed by atoms with Gasteiger partial charge in [0.15, 0.2) is 5.17 Å². The maximum absolute atomic E-state index is 13.9. The molecular weight excluding hydrogens is 530 g/mol. The minimum atomic E-state index is -0.953. The van der Waals surface area contributed by atoms with Gasteiger partial charge in [0.1, 0.15) is 0 Å². The lowest BCUT2D eigenvalue weighted by Gasteiger charge is -2.16. The van der Waals surface area contributed by atoms with E-state index in [1.165, 1.54) is 22.9 Å². The Hall–Kier alpha value is -4.36. The van der Waals surface area contributed by atoms with Crippen LogP contribution in [0.25, 0.3) is 11.8 Å². The number of aromatic carboxylic acids is 1. The van der Waals surface area contributed by atoms with E-state index in [1.807, 2.05) is 79.9 Å². The van der Waals surface area contributed by atoms with Gasteiger partial charge in [-0.2, -0.15) is 0 Å². The summed E-state index contributed by atoms with van der Waals surface area (Å²) >= 11 is 1.36. The summed E-state index contributed by atoms with van der Waals surface area (Å²) in [6.45, 7) is 10.0. The van der Waals surface area contributed by atoms with Crippen molar-refractivity contribution in [2.24, 2.45) is 4.99 Å². The Bertz CT molecular complexity index is 1700. The number of benzene rings is 3. The zero-order valence-electron chi connectivity index (χ0n) is 23.9. The van der Waals surface area contributed by atoms with Crippen LogP contribution in [0.4, 0.5) is 11.4 Å². The Balaban J connectivity index is 1.57. The summed E-state index contributed by atoms with van der Waals surface area (Å²) in [5, 5.41) is 10.2. The lowest BCUT2D eigenvalue weighted by Crippen LogP contribution is -2.28. The fourth-order valence-corrected chi connectivity index (χ4v) is 6.11. The van der Waals surface area contributed by atoms with E-state index < -0.39 is 5.97 Å². The SMILES string of the molecule is CCc1ccc(N=C2S/C(=C\c3cc(C)n(-c4cccc(C(=O)O)c4C)c3C)C(=O)N2c2ccc(CC)cc2)cc1. The van der Waals surface area contributed by atoms with E-state index in [1.54, 1.807) is 17.0 Å². The van der Waals surface area contributed by atoms with E-state index in [9.17, 15) is 14.7 Å². The monoisotopic (exact) mass is 563 g/mol. The van der Waals surface area contributed by atoms with E-state index in [0.717, 1.165) is 46.9 Å². The highest BCUT2D eigenvalue weighted by atomic mass is 32.2. The zero-order valence-corrected chi connectivity index (χ0v) is 24.7. The fourth-order valence-electron chi connectivity index (χ4n) is 5.12. The van der Waals surface area contributed by atoms with Crippen LogP contribution in [0.15, 0.2) is 82.7 Å². The summed E-state index contributed by atoms with van der Waals surface area (Å²) in [7, 11) is 0. The van der Waals surface area contributed by atoms with Crippen molar-refractivity contribution in [3.05, 3.63) is 117 Å². The normalized spacial score (nSPS) is 15.3. The van der Waals surface area contributed by atoms with Crippen molar-refractivity contribution in [3.63, 3.8) is 0 Å². The molecule has 5 rings (SSSR count). The standard InChI is InChI=1S/C34H33N3O3S/c1-6-24-11-15-27(16-12-24)35-34-37(28-17-13-25(7-2)14-18-28)32(38)31(41-34)20-26-19-21(3)36(23(26)5)30-10-8-9-29(22(30)4)33(39)40/h8-20H,6-7H2,1-5H3,(H,39,40)/b31-20-,35-34?. The van der Waals surface area contributed by atoms with Gasteiger partial charge >= 0.3 is 5.97 Å². The number of aliphatic imine (C=N–C) groups is 1. The highest BCUT2D eigenvalue weighted by Crippen LogP contribution is 2.38. The second-order valence-corrected chi connectivity index (χ2v) is 11.1. The highest BCUT2D eigenvalue weighted by molar-refractivity contribution is 8.19. The Labute approximate surface area is 245 Å². The summed E-state index contributed by atoms with van der Waals surface area (Å²) in [5.41, 5.74) is 8.55. The number of rotatable bonds is 7. The Morgan fingerprint density at radius 2 is 1.56 bits per heavy atom. The van der Waals surface area contributed by atoms with E-state index in [-0.39, 0.29) is 11.5 Å². The third kappa shape index (κ3) is 5.50. The van der Waals surface area contributed by atoms with Gasteiger partial charge in [-0.05, 0) is 116 Å². The van der Waals surface area contributed by atoms with Crippen molar-refractivity contribution in [1.29, 1.82) is 0 Å². The van der Waals surface area contributed by atoms with Crippen LogP contribution in [-0.2, 0) is 17.6 Å². The molecule has 3 aromatic carbocycles. The number of amidine groups is 1. The summed E-state index contributed by atoms with van der Waals surface area (Å²) in [5.74, 6) is -1.08. The molecule has 0 radical (unpaired) electrons. The molecule has 1 saturated heterocycles. The number of carboxylic acid groups (broad SMARTS) is 1. The van der Waals surface area contributed by atoms with Crippen LogP contribution in [0.3, 0.4) is 0 Å². The van der Waals surface area contributed by atoms with E-state index >= 15 is 0 Å². The van der Waals surface area contributed by atoms with Crippen LogP contribution in [-0.4, -0.2) is 26.7 Å². The molecule has 1 N–H and O–H groups in total. The van der Waals surface area contributed by atoms with Gasteiger partial charge in [0, 0.05) is 17.1 Å². The van der Waals surface area contributed by atoms with Gasteiger partial charge in [0.25, 0.3) is 5.91 Å². The molecule has 0 bridgehead atoms. The lowest BCUT2D eigenvalue weighted by atomic mass is 10.1. The van der Waals surface area contributed by atoms with Crippen molar-refractivity contribution in [1.82, 2.24) is 4.57 Å². The van der Waals surface area contributed by atoms with Gasteiger partial charge in [-0.15, -0.1) is 0 Å². The lowest BCUT2D eigenvalue weighted by molar-refractivity contribution is -0.113. The first kappa shape index (κ1) is 28.2. The molecule has 0 atom stereocenters. The number of anilines is 1. The molecule has 7 heteroatoms. The van der Waals surface area contributed by atoms with Gasteiger partial charge in [0.2, 0.25) is 0 Å². The minimum absolute atomic E-state index is 0.128. The molecule has 1 amide bonds. The summed E-state index contributed by atoms with van der Waals surface area (Å²) in [6, 6.07) is 23.5. The first-order chi connectivity index (χ1) is 19.7. The van der Waals surface area contributed by atoms with Gasteiger partial charge in [-0.1, -0.05) is 44.2 Å². The van der Waals surface area contributed by atoms with Crippen LogP contribution >= 0.6 is 11.8 Å². The maximum atomic E-state index is 13.9. The largest absolute Gasteiger partial charge is 0.478 e. The highest BCUT2D eigenvalue weighted by Gasteiger charge is 2.35. The number of carbonyl (C=O) groups excluding carboxylic acids is 1. The molecule has 0 aliphatic carbocycles. The van der Waals surface area contributed by atoms with Gasteiger partial charge in [-0.25, -0.2) is 9.79 Å². The first-order valence-electron chi connectivity index (χ1n) is 13.7. The maximum Gasteiger partial charge on any atom is 0.336 e. The van der Waals surface area contributed by atoms with Crippen molar-refractivity contribution in [3.8, 4) is 5.69 Å². The molecule has 1 aliphatic heterocycles. The average Bonchev–Trinajstić information content (AvgIpc) is 3.42. The third-order valence-corrected chi connectivity index (χ3v) is 8.48. The van der Waals surface area contributed by atoms with E-state index in [0.29, 0.717) is 15.6 Å². The average molecular weight is 564 g/mol. The predicted octanol–water partition coefficient (Wildman–Crippen LogP) is 8.03. The zero-order chi connectivity index (χ0) is 29.3. The molecule has 41 heavy (non-hydrogen) atoms. The molecule has 4 aromatic rings. The number of aryl methyl sites for hydroxylation is 3. The molecule has 208 valence electrons. The van der Waals surface area contributed by atoms with Crippen LogP contribution < -0.4 is 4.90 Å². The van der Waals surface area contributed by atoms with Crippen molar-refractivity contribution in [2.75, 3.05) is 4.90 Å². The Kier molecular flexibility index (Phi) is 7.99. The van der Waals surface area contributed by atoms with Crippen molar-refractivity contribution < 1.29 is 14.7 Å². The van der Waals surface area contributed by atoms with E-state index in [2.05, 4.69) is 26.0 Å². The molecule has 2 heterocycles. The number of carboxylic acids is 1. The second-order valence-electron chi connectivity index (χ2n) is 10.1. The van der Waals surface area contributed by atoms with Crippen LogP contribution in [0.1, 0.15) is 57.8 Å². The van der Waals surface area contributed by atoms with Crippen molar-refractivity contribution in [2.45, 2.75) is 47.5 Å². The molecule has 0 unspecified atom stereocenters. The molecule has 0 spiro atoms. The number of carbonyl (C=O) groups is 2. The topological polar surface area (TPSA) is 74.9 Å². The number of amides is 1. The number of hydrogen-bond acceptors (Lipinski definition) is 4. The summed E-state index contributed by atoms with van der Waals surface area (Å²) in [6.07, 6.45) is 3.78. The van der Waals surface area contributed by atoms with Gasteiger partial charge in [0.05, 0.1) is 21.8 Å². The predicted molar refractivity (Wildman–Crippen MR) is 169 cm³/mol. The van der Waals surface area contributed by atoms with Crippen LogP contribution in [0, 0.1) is 20.8 Å². The molecule has 6 nitrogen and oxygen atoms in total. The van der Waals surface area contributed by atoms with Crippen LogP contribution in [0.5, 0.6) is 0 Å². The fraction of sp³-hybridized carbons (Fsp3) is 0.206. The molecule has 1 fully saturated rings. The molecule has 1 aliphatic rings. The number of nitrogens with zero attached hydrogens (tertiary/aromatic N) is 3. The van der Waals surface area contributed by atoms with Crippen molar-refractivity contribution >= 4 is 46.3 Å². The third-order valence-electron chi connectivity index (χ3n) is 7.51. The Morgan fingerprint density at radius 1 is 0.927 bits per heavy atom. The van der Waals surface area contributed by atoms with E-state index in [4.69, 9.17) is 4.99 Å². The van der Waals surface area contributed by atoms with Gasteiger partial charge in [-0.3, -0.25) is 9.69 Å².